The van der Waals surface area contributed by atoms with Crippen molar-refractivity contribution in [3.05, 3.63) is 11.8 Å². The average Bonchev–Trinajstić information content (AvgIpc) is 2.70. The van der Waals surface area contributed by atoms with E-state index in [9.17, 15) is 19.8 Å². The van der Waals surface area contributed by atoms with E-state index in [0.717, 1.165) is 0 Å². The van der Waals surface area contributed by atoms with Crippen molar-refractivity contribution in [3.8, 4) is 12.3 Å². The van der Waals surface area contributed by atoms with Gasteiger partial charge in [-0.1, -0.05) is 5.92 Å². The van der Waals surface area contributed by atoms with Crippen LogP contribution in [0, 0.1) is 12.3 Å². The van der Waals surface area contributed by atoms with Gasteiger partial charge < -0.3 is 25.0 Å². The lowest BCUT2D eigenvalue weighted by atomic mass is 9.95. The highest BCUT2D eigenvalue weighted by Gasteiger charge is 2.46. The van der Waals surface area contributed by atoms with Crippen LogP contribution in [0.1, 0.15) is 6.42 Å². The van der Waals surface area contributed by atoms with Crippen LogP contribution in [0.5, 0.6) is 0 Å². The predicted octanol–water partition coefficient (Wildman–Crippen LogP) is -2.21. The summed E-state index contributed by atoms with van der Waals surface area (Å²) in [5.74, 6) is 1.38. The Hall–Kier alpha value is -1.72. The molecule has 0 aromatic heterocycles. The molecule has 4 atom stereocenters. The topological polar surface area (TPSA) is 107 Å². The minimum atomic E-state index is -1.34. The number of carbonyl (C=O) groups excluding carboxylic acids is 2. The van der Waals surface area contributed by atoms with Gasteiger partial charge in [0, 0.05) is 11.8 Å². The Morgan fingerprint density at radius 2 is 2.10 bits per heavy atom. The van der Waals surface area contributed by atoms with Crippen LogP contribution in [-0.2, 0) is 14.3 Å². The maximum atomic E-state index is 11.9. The quantitative estimate of drug-likeness (QED) is 0.400. The number of carbonyl (C=O) groups is 2. The van der Waals surface area contributed by atoms with Crippen LogP contribution in [0.4, 0.5) is 0 Å². The zero-order valence-electron chi connectivity index (χ0n) is 10.6. The molecule has 0 aromatic rings. The van der Waals surface area contributed by atoms with Gasteiger partial charge in [-0.3, -0.25) is 9.59 Å². The summed E-state index contributed by atoms with van der Waals surface area (Å²) in [6, 6.07) is 0. The van der Waals surface area contributed by atoms with E-state index in [4.69, 9.17) is 16.3 Å². The number of rotatable bonds is 3. The first-order valence-corrected chi connectivity index (χ1v) is 6.10. The molecule has 7 heteroatoms. The summed E-state index contributed by atoms with van der Waals surface area (Å²) in [4.78, 5) is 24.7. The van der Waals surface area contributed by atoms with Crippen LogP contribution >= 0.6 is 0 Å². The number of terminal acetylenes is 1. The van der Waals surface area contributed by atoms with E-state index in [1.165, 1.54) is 11.1 Å². The van der Waals surface area contributed by atoms with E-state index in [-0.39, 0.29) is 18.5 Å². The van der Waals surface area contributed by atoms with Crippen molar-refractivity contribution >= 4 is 11.7 Å². The Kier molecular flexibility index (Phi) is 4.20. The second kappa shape index (κ2) is 5.73. The molecule has 1 fully saturated rings. The van der Waals surface area contributed by atoms with Crippen molar-refractivity contribution in [2.75, 3.05) is 13.2 Å². The summed E-state index contributed by atoms with van der Waals surface area (Å²) < 4.78 is 5.28. The molecule has 0 radical (unpaired) electrons. The molecule has 0 spiro atoms. The molecule has 2 aliphatic rings. The standard InChI is InChI=1S/C13H15NO6/c1-2-3-14-5-7(8(16)4-10(14)17)13-12(19)11(18)9(6-15)20-13/h1,5,9,11-13,15,18-19H,3-4,6H2/t9-,11-,12-,13+/m1/s1. The highest BCUT2D eigenvalue weighted by molar-refractivity contribution is 6.10. The Labute approximate surface area is 115 Å². The molecular formula is C13H15NO6. The molecule has 20 heavy (non-hydrogen) atoms. The summed E-state index contributed by atoms with van der Waals surface area (Å²) in [5, 5.41) is 28.6. The molecule has 1 saturated heterocycles. The SMILES string of the molecule is C#CCN1C=C([C@@H]2O[C@H](CO)[C@@H](O)[C@H]2O)C(=O)CC1=O. The maximum absolute atomic E-state index is 11.9. The number of ether oxygens (including phenoxy) is 1. The summed E-state index contributed by atoms with van der Waals surface area (Å²) in [5.41, 5.74) is 0.0716. The van der Waals surface area contributed by atoms with E-state index in [1.807, 2.05) is 0 Å². The highest BCUT2D eigenvalue weighted by atomic mass is 16.6. The van der Waals surface area contributed by atoms with E-state index in [1.54, 1.807) is 0 Å². The monoisotopic (exact) mass is 281 g/mol. The van der Waals surface area contributed by atoms with E-state index in [0.29, 0.717) is 0 Å². The molecule has 0 bridgehead atoms. The second-order valence-electron chi connectivity index (χ2n) is 4.67. The molecule has 0 aromatic carbocycles. The van der Waals surface area contributed by atoms with Gasteiger partial charge in [-0.2, -0.15) is 0 Å². The summed E-state index contributed by atoms with van der Waals surface area (Å²) in [7, 11) is 0. The molecule has 0 unspecified atom stereocenters. The van der Waals surface area contributed by atoms with E-state index >= 15 is 0 Å². The van der Waals surface area contributed by atoms with Crippen LogP contribution in [-0.4, -0.2) is 69.5 Å². The molecule has 2 aliphatic heterocycles. The zero-order valence-corrected chi connectivity index (χ0v) is 10.6. The number of hydrogen-bond acceptors (Lipinski definition) is 6. The molecule has 2 heterocycles. The first kappa shape index (κ1) is 14.7. The molecule has 7 nitrogen and oxygen atoms in total. The molecule has 0 saturated carbocycles. The summed E-state index contributed by atoms with van der Waals surface area (Å²) in [6.45, 7) is -0.479. The zero-order chi connectivity index (χ0) is 14.9. The Morgan fingerprint density at radius 3 is 2.65 bits per heavy atom. The molecule has 3 N–H and O–H groups in total. The Morgan fingerprint density at radius 1 is 1.40 bits per heavy atom. The minimum absolute atomic E-state index is 0.00438. The van der Waals surface area contributed by atoms with Crippen LogP contribution in [0.2, 0.25) is 0 Å². The van der Waals surface area contributed by atoms with Crippen molar-refractivity contribution in [2.45, 2.75) is 30.8 Å². The number of hydrogen-bond donors (Lipinski definition) is 3. The predicted molar refractivity (Wildman–Crippen MR) is 66.0 cm³/mol. The lowest BCUT2D eigenvalue weighted by Crippen LogP contribution is -2.40. The van der Waals surface area contributed by atoms with Gasteiger partial charge in [0.05, 0.1) is 19.6 Å². The fourth-order valence-corrected chi connectivity index (χ4v) is 2.27. The normalized spacial score (nSPS) is 34.1. The number of ketones is 1. The van der Waals surface area contributed by atoms with Gasteiger partial charge in [-0.05, 0) is 0 Å². The van der Waals surface area contributed by atoms with Crippen LogP contribution in [0.3, 0.4) is 0 Å². The average molecular weight is 281 g/mol. The number of aliphatic hydroxyl groups excluding tert-OH is 3. The third-order valence-electron chi connectivity index (χ3n) is 3.36. The van der Waals surface area contributed by atoms with Crippen molar-refractivity contribution in [1.29, 1.82) is 0 Å². The Balaban J connectivity index is 2.27. The third kappa shape index (κ3) is 2.46. The van der Waals surface area contributed by atoms with Crippen LogP contribution in [0.15, 0.2) is 11.8 Å². The van der Waals surface area contributed by atoms with Crippen molar-refractivity contribution < 1.29 is 29.6 Å². The van der Waals surface area contributed by atoms with Crippen LogP contribution in [0.25, 0.3) is 0 Å². The highest BCUT2D eigenvalue weighted by Crippen LogP contribution is 2.29. The largest absolute Gasteiger partial charge is 0.394 e. The van der Waals surface area contributed by atoms with Gasteiger partial charge in [0.2, 0.25) is 5.91 Å². The summed E-state index contributed by atoms with van der Waals surface area (Å²) >= 11 is 0. The molecule has 2 rings (SSSR count). The van der Waals surface area contributed by atoms with Gasteiger partial charge in [0.15, 0.2) is 5.78 Å². The minimum Gasteiger partial charge on any atom is -0.394 e. The van der Waals surface area contributed by atoms with Gasteiger partial charge in [-0.25, -0.2) is 0 Å². The van der Waals surface area contributed by atoms with E-state index < -0.39 is 42.7 Å². The lowest BCUT2D eigenvalue weighted by Gasteiger charge is -2.26. The fraction of sp³-hybridized carbons (Fsp3) is 0.538. The first-order valence-electron chi connectivity index (χ1n) is 6.10. The number of Topliss-reactive ketones (excluding diaryl/α,β-unsaturated/α-hetero) is 1. The first-order chi connectivity index (χ1) is 9.49. The van der Waals surface area contributed by atoms with Gasteiger partial charge in [-0.15, -0.1) is 6.42 Å². The van der Waals surface area contributed by atoms with Crippen LogP contribution < -0.4 is 0 Å². The Bertz CT molecular complexity index is 494. The maximum Gasteiger partial charge on any atom is 0.235 e. The third-order valence-corrected chi connectivity index (χ3v) is 3.36. The van der Waals surface area contributed by atoms with Crippen molar-refractivity contribution in [2.24, 2.45) is 0 Å². The van der Waals surface area contributed by atoms with Crippen molar-refractivity contribution in [3.63, 3.8) is 0 Å². The van der Waals surface area contributed by atoms with Crippen molar-refractivity contribution in [1.82, 2.24) is 4.90 Å². The van der Waals surface area contributed by atoms with Gasteiger partial charge in [0.25, 0.3) is 0 Å². The number of nitrogens with zero attached hydrogens (tertiary/aromatic N) is 1. The van der Waals surface area contributed by atoms with E-state index in [2.05, 4.69) is 5.92 Å². The molecule has 0 aliphatic carbocycles. The molecular weight excluding hydrogens is 266 g/mol. The smallest absolute Gasteiger partial charge is 0.235 e. The second-order valence-corrected chi connectivity index (χ2v) is 4.67. The van der Waals surface area contributed by atoms with Gasteiger partial charge >= 0.3 is 0 Å². The lowest BCUT2D eigenvalue weighted by molar-refractivity contribution is -0.134. The number of aliphatic hydroxyl groups is 3. The molecule has 1 amide bonds. The summed E-state index contributed by atoms with van der Waals surface area (Å²) in [6.07, 6.45) is 1.33. The van der Waals surface area contributed by atoms with Gasteiger partial charge in [0.1, 0.15) is 24.4 Å². The fourth-order valence-electron chi connectivity index (χ4n) is 2.27. The number of amides is 1. The molecule has 108 valence electrons.